The van der Waals surface area contributed by atoms with Gasteiger partial charge in [0.1, 0.15) is 6.33 Å². The van der Waals surface area contributed by atoms with Gasteiger partial charge in [0.15, 0.2) is 0 Å². The van der Waals surface area contributed by atoms with Crippen molar-refractivity contribution >= 4 is 17.1 Å². The summed E-state index contributed by atoms with van der Waals surface area (Å²) in [5, 5.41) is 8.81. The summed E-state index contributed by atoms with van der Waals surface area (Å²) in [6.45, 7) is 0. The first kappa shape index (κ1) is 8.02. The van der Waals surface area contributed by atoms with Crippen LogP contribution >= 0.6 is 11.6 Å². The third-order valence-electron chi connectivity index (χ3n) is 1.68. The Hall–Kier alpha value is -1.60. The summed E-state index contributed by atoms with van der Waals surface area (Å²) in [6, 6.07) is 3.81. The Morgan fingerprint density at radius 2 is 2.46 bits per heavy atom. The van der Waals surface area contributed by atoms with Crippen LogP contribution in [-0.2, 0) is 6.42 Å². The van der Waals surface area contributed by atoms with Crippen molar-refractivity contribution in [2.45, 2.75) is 6.42 Å². The molecule has 0 atom stereocenters. The molecule has 2 aromatic rings. The van der Waals surface area contributed by atoms with Crippen LogP contribution in [0.25, 0.3) is 5.52 Å². The largest absolute Gasteiger partial charge is 0.274 e. The molecule has 0 aliphatic heterocycles. The SMILES string of the molecule is N#CCc1cc2cncn2c(Cl)n1. The van der Waals surface area contributed by atoms with Crippen LogP contribution in [0.2, 0.25) is 5.28 Å². The Bertz CT molecular complexity index is 482. The standard InChI is InChI=1S/C8H5ClN4/c9-8-12-6(1-2-10)3-7-4-11-5-13(7)8/h3-5H,1H2. The van der Waals surface area contributed by atoms with E-state index < -0.39 is 0 Å². The van der Waals surface area contributed by atoms with Gasteiger partial charge < -0.3 is 0 Å². The molecule has 0 aliphatic rings. The van der Waals surface area contributed by atoms with E-state index in [1.165, 1.54) is 0 Å². The van der Waals surface area contributed by atoms with Gasteiger partial charge in [0.25, 0.3) is 0 Å². The van der Waals surface area contributed by atoms with Gasteiger partial charge in [-0.15, -0.1) is 0 Å². The van der Waals surface area contributed by atoms with Crippen LogP contribution in [0, 0.1) is 11.3 Å². The van der Waals surface area contributed by atoms with Crippen LogP contribution in [0.4, 0.5) is 0 Å². The third-order valence-corrected chi connectivity index (χ3v) is 1.94. The van der Waals surface area contributed by atoms with E-state index in [9.17, 15) is 0 Å². The van der Waals surface area contributed by atoms with Crippen LogP contribution in [0.3, 0.4) is 0 Å². The van der Waals surface area contributed by atoms with Crippen molar-refractivity contribution in [2.24, 2.45) is 0 Å². The molecule has 0 amide bonds. The summed E-state index contributed by atoms with van der Waals surface area (Å²) in [5.74, 6) is 0. The van der Waals surface area contributed by atoms with Gasteiger partial charge in [-0.1, -0.05) is 0 Å². The molecule has 0 saturated heterocycles. The number of hydrogen-bond acceptors (Lipinski definition) is 3. The lowest BCUT2D eigenvalue weighted by Crippen LogP contribution is -1.94. The number of aromatic nitrogens is 3. The number of rotatable bonds is 1. The lowest BCUT2D eigenvalue weighted by atomic mass is 10.3. The van der Waals surface area contributed by atoms with E-state index in [2.05, 4.69) is 9.97 Å². The summed E-state index contributed by atoms with van der Waals surface area (Å²) in [6.07, 6.45) is 3.52. The van der Waals surface area contributed by atoms with Crippen molar-refractivity contribution in [3.05, 3.63) is 29.6 Å². The van der Waals surface area contributed by atoms with Crippen LogP contribution in [0.1, 0.15) is 5.69 Å². The van der Waals surface area contributed by atoms with Crippen molar-refractivity contribution in [1.29, 1.82) is 5.26 Å². The predicted octanol–water partition coefficient (Wildman–Crippen LogP) is 1.45. The van der Waals surface area contributed by atoms with E-state index in [4.69, 9.17) is 16.9 Å². The first-order valence-corrected chi connectivity index (χ1v) is 4.03. The molecule has 0 aromatic carbocycles. The number of imidazole rings is 1. The molecule has 2 heterocycles. The normalized spacial score (nSPS) is 10.2. The van der Waals surface area contributed by atoms with Gasteiger partial charge in [-0.25, -0.2) is 9.97 Å². The summed E-state index contributed by atoms with van der Waals surface area (Å²) < 4.78 is 1.66. The highest BCUT2D eigenvalue weighted by Crippen LogP contribution is 2.11. The Morgan fingerprint density at radius 1 is 1.62 bits per heavy atom. The summed E-state index contributed by atoms with van der Waals surface area (Å²) in [5.41, 5.74) is 1.52. The molecule has 0 N–H and O–H groups in total. The minimum atomic E-state index is 0.265. The molecule has 4 nitrogen and oxygen atoms in total. The van der Waals surface area contributed by atoms with Gasteiger partial charge >= 0.3 is 0 Å². The Kier molecular flexibility index (Phi) is 1.87. The number of nitriles is 1. The molecule has 0 saturated carbocycles. The molecule has 13 heavy (non-hydrogen) atoms. The van der Waals surface area contributed by atoms with Crippen molar-refractivity contribution in [1.82, 2.24) is 14.4 Å². The summed E-state index contributed by atoms with van der Waals surface area (Å²) in [7, 11) is 0. The van der Waals surface area contributed by atoms with Crippen LogP contribution in [0.15, 0.2) is 18.6 Å². The fourth-order valence-corrected chi connectivity index (χ4v) is 1.36. The highest BCUT2D eigenvalue weighted by molar-refractivity contribution is 6.28. The van der Waals surface area contributed by atoms with Gasteiger partial charge in [0.05, 0.1) is 29.9 Å². The zero-order chi connectivity index (χ0) is 9.26. The maximum atomic E-state index is 8.48. The van der Waals surface area contributed by atoms with Gasteiger partial charge in [-0.05, 0) is 17.7 Å². The molecule has 0 radical (unpaired) electrons. The molecule has 0 bridgehead atoms. The number of hydrogen-bond donors (Lipinski definition) is 0. The Morgan fingerprint density at radius 3 is 3.23 bits per heavy atom. The lowest BCUT2D eigenvalue weighted by Gasteiger charge is -1.98. The minimum Gasteiger partial charge on any atom is -0.274 e. The second-order valence-electron chi connectivity index (χ2n) is 2.54. The van der Waals surface area contributed by atoms with Gasteiger partial charge in [-0.3, -0.25) is 4.40 Å². The van der Waals surface area contributed by atoms with Crippen LogP contribution in [0.5, 0.6) is 0 Å². The smallest absolute Gasteiger partial charge is 0.208 e. The lowest BCUT2D eigenvalue weighted by molar-refractivity contribution is 1.01. The van der Waals surface area contributed by atoms with E-state index in [0.717, 1.165) is 5.52 Å². The first-order valence-electron chi connectivity index (χ1n) is 3.65. The second-order valence-corrected chi connectivity index (χ2v) is 2.88. The summed E-state index contributed by atoms with van der Waals surface area (Å²) in [4.78, 5) is 7.95. The molecule has 0 aliphatic carbocycles. The highest BCUT2D eigenvalue weighted by Gasteiger charge is 2.02. The Labute approximate surface area is 79.4 Å². The molecular weight excluding hydrogens is 188 g/mol. The van der Waals surface area contributed by atoms with E-state index in [0.29, 0.717) is 11.0 Å². The van der Waals surface area contributed by atoms with Gasteiger partial charge in [0.2, 0.25) is 5.28 Å². The third kappa shape index (κ3) is 1.34. The van der Waals surface area contributed by atoms with E-state index >= 15 is 0 Å². The average molecular weight is 193 g/mol. The van der Waals surface area contributed by atoms with Crippen molar-refractivity contribution in [3.8, 4) is 6.07 Å². The monoisotopic (exact) mass is 192 g/mol. The number of nitrogens with zero attached hydrogens (tertiary/aromatic N) is 4. The molecule has 0 fully saturated rings. The maximum absolute atomic E-state index is 8.48. The number of halogens is 1. The van der Waals surface area contributed by atoms with Crippen molar-refractivity contribution in [3.63, 3.8) is 0 Å². The fraction of sp³-hybridized carbons (Fsp3) is 0.125. The zero-order valence-electron chi connectivity index (χ0n) is 6.61. The summed E-state index contributed by atoms with van der Waals surface area (Å²) >= 11 is 5.84. The molecule has 0 spiro atoms. The van der Waals surface area contributed by atoms with Gasteiger partial charge in [-0.2, -0.15) is 5.26 Å². The molecular formula is C8H5ClN4. The van der Waals surface area contributed by atoms with E-state index in [1.807, 2.05) is 6.07 Å². The second kappa shape index (κ2) is 3.04. The minimum absolute atomic E-state index is 0.265. The predicted molar refractivity (Wildman–Crippen MR) is 47.3 cm³/mol. The zero-order valence-corrected chi connectivity index (χ0v) is 7.36. The quantitative estimate of drug-likeness (QED) is 0.643. The molecule has 64 valence electrons. The molecule has 0 unspecified atom stereocenters. The molecule has 2 aromatic heterocycles. The van der Waals surface area contributed by atoms with Crippen LogP contribution in [-0.4, -0.2) is 14.4 Å². The molecule has 5 heteroatoms. The highest BCUT2D eigenvalue weighted by atomic mass is 35.5. The van der Waals surface area contributed by atoms with E-state index in [-0.39, 0.29) is 6.42 Å². The maximum Gasteiger partial charge on any atom is 0.208 e. The van der Waals surface area contributed by atoms with Crippen molar-refractivity contribution < 1.29 is 0 Å². The Balaban J connectivity index is 2.64. The topological polar surface area (TPSA) is 54.0 Å². The van der Waals surface area contributed by atoms with Crippen molar-refractivity contribution in [2.75, 3.05) is 0 Å². The van der Waals surface area contributed by atoms with Crippen LogP contribution < -0.4 is 0 Å². The van der Waals surface area contributed by atoms with E-state index in [1.54, 1.807) is 23.0 Å². The van der Waals surface area contributed by atoms with Gasteiger partial charge in [0, 0.05) is 0 Å². The number of fused-ring (bicyclic) bond motifs is 1. The average Bonchev–Trinajstić information content (AvgIpc) is 2.53. The molecule has 2 rings (SSSR count). The first-order chi connectivity index (χ1) is 6.31. The fourth-order valence-electron chi connectivity index (χ4n) is 1.11.